The van der Waals surface area contributed by atoms with Crippen molar-refractivity contribution in [1.29, 1.82) is 0 Å². The number of hydrogen-bond donors (Lipinski definition) is 0. The van der Waals surface area contributed by atoms with Gasteiger partial charge in [-0.2, -0.15) is 4.31 Å². The van der Waals surface area contributed by atoms with Crippen LogP contribution in [0, 0.1) is 17.0 Å². The topological polar surface area (TPSA) is 101 Å². The first-order valence-corrected chi connectivity index (χ1v) is 9.84. The number of amides is 1. The number of nitro benzene ring substituents is 1. The Morgan fingerprint density at radius 1 is 1.04 bits per heavy atom. The molecule has 2 aromatic carbocycles. The fraction of sp³-hybridized carbons (Fsp3) is 0.278. The van der Waals surface area contributed by atoms with Gasteiger partial charge in [0.15, 0.2) is 4.90 Å². The van der Waals surface area contributed by atoms with Crippen LogP contribution in [0.3, 0.4) is 0 Å². The van der Waals surface area contributed by atoms with Crippen molar-refractivity contribution in [3.63, 3.8) is 0 Å². The largest absolute Gasteiger partial charge is 0.336 e. The first-order valence-electron chi connectivity index (χ1n) is 8.40. The molecule has 3 rings (SSSR count). The van der Waals surface area contributed by atoms with Crippen LogP contribution in [0.5, 0.6) is 0 Å². The molecule has 1 aliphatic heterocycles. The van der Waals surface area contributed by atoms with Gasteiger partial charge < -0.3 is 4.90 Å². The van der Waals surface area contributed by atoms with Gasteiger partial charge in [-0.25, -0.2) is 8.42 Å². The maximum Gasteiger partial charge on any atom is 0.289 e. The zero-order chi connectivity index (χ0) is 19.6. The number of para-hydroxylation sites is 1. The van der Waals surface area contributed by atoms with E-state index in [9.17, 15) is 23.3 Å². The van der Waals surface area contributed by atoms with Crippen LogP contribution in [0.2, 0.25) is 0 Å². The Morgan fingerprint density at radius 2 is 1.70 bits per heavy atom. The molecule has 2 aromatic rings. The molecule has 0 spiro atoms. The molecule has 0 aliphatic carbocycles. The molecule has 1 amide bonds. The monoisotopic (exact) mass is 389 g/mol. The lowest BCUT2D eigenvalue weighted by Crippen LogP contribution is -2.50. The van der Waals surface area contributed by atoms with E-state index in [-0.39, 0.29) is 37.0 Å². The third-order valence-corrected chi connectivity index (χ3v) is 6.42. The Balaban J connectivity index is 1.76. The number of hydrogen-bond acceptors (Lipinski definition) is 5. The van der Waals surface area contributed by atoms with Gasteiger partial charge in [0, 0.05) is 37.8 Å². The van der Waals surface area contributed by atoms with Crippen LogP contribution in [-0.4, -0.2) is 54.6 Å². The first-order chi connectivity index (χ1) is 12.8. The fourth-order valence-corrected chi connectivity index (χ4v) is 4.64. The highest BCUT2D eigenvalue weighted by molar-refractivity contribution is 7.89. The molecule has 27 heavy (non-hydrogen) atoms. The Hall–Kier alpha value is -2.78. The van der Waals surface area contributed by atoms with Crippen LogP contribution < -0.4 is 0 Å². The van der Waals surface area contributed by atoms with Gasteiger partial charge >= 0.3 is 0 Å². The molecular formula is C18H19N3O5S. The molecule has 0 unspecified atom stereocenters. The predicted molar refractivity (Wildman–Crippen MR) is 98.9 cm³/mol. The maximum absolute atomic E-state index is 12.8. The van der Waals surface area contributed by atoms with Gasteiger partial charge in [-0.15, -0.1) is 0 Å². The molecule has 0 N–H and O–H groups in total. The highest BCUT2D eigenvalue weighted by atomic mass is 32.2. The van der Waals surface area contributed by atoms with Gasteiger partial charge in [0.1, 0.15) is 0 Å². The SMILES string of the molecule is Cc1cccc(C(=O)N2CCN(S(=O)(=O)c3ccccc3[N+](=O)[O-])CC2)c1. The summed E-state index contributed by atoms with van der Waals surface area (Å²) in [7, 11) is -4.00. The Labute approximate surface area is 157 Å². The first kappa shape index (κ1) is 19.0. The van der Waals surface area contributed by atoms with Gasteiger partial charge in [-0.3, -0.25) is 14.9 Å². The molecule has 1 fully saturated rings. The van der Waals surface area contributed by atoms with E-state index >= 15 is 0 Å². The quantitative estimate of drug-likeness (QED) is 0.588. The number of nitro groups is 1. The molecule has 1 saturated heterocycles. The normalized spacial score (nSPS) is 15.5. The summed E-state index contributed by atoms with van der Waals surface area (Å²) >= 11 is 0. The molecule has 8 nitrogen and oxygen atoms in total. The summed E-state index contributed by atoms with van der Waals surface area (Å²) in [5.74, 6) is -0.151. The van der Waals surface area contributed by atoms with E-state index in [2.05, 4.69) is 0 Å². The number of piperazine rings is 1. The summed E-state index contributed by atoms with van der Waals surface area (Å²) in [6, 6.07) is 12.5. The summed E-state index contributed by atoms with van der Waals surface area (Å²) in [5.41, 5.74) is 1.08. The highest BCUT2D eigenvalue weighted by Crippen LogP contribution is 2.27. The second-order valence-corrected chi connectivity index (χ2v) is 8.20. The lowest BCUT2D eigenvalue weighted by atomic mass is 10.1. The van der Waals surface area contributed by atoms with Crippen molar-refractivity contribution >= 4 is 21.6 Å². The van der Waals surface area contributed by atoms with Crippen LogP contribution in [0.1, 0.15) is 15.9 Å². The number of benzene rings is 2. The Bertz CT molecular complexity index is 982. The number of rotatable bonds is 4. The molecule has 1 aliphatic rings. The standard InChI is InChI=1S/C18H19N3O5S/c1-14-5-4-6-15(13-14)18(22)19-9-11-20(12-10-19)27(25,26)17-8-3-2-7-16(17)21(23)24/h2-8,13H,9-12H2,1H3. The maximum atomic E-state index is 12.8. The summed E-state index contributed by atoms with van der Waals surface area (Å²) in [5, 5.41) is 11.1. The number of sulfonamides is 1. The zero-order valence-electron chi connectivity index (χ0n) is 14.7. The minimum atomic E-state index is -4.00. The molecule has 0 saturated carbocycles. The van der Waals surface area contributed by atoms with Gasteiger partial charge in [0.2, 0.25) is 10.0 Å². The molecule has 142 valence electrons. The van der Waals surface area contributed by atoms with E-state index < -0.39 is 20.6 Å². The smallest absolute Gasteiger partial charge is 0.289 e. The van der Waals surface area contributed by atoms with Crippen LogP contribution in [-0.2, 0) is 10.0 Å². The molecule has 0 radical (unpaired) electrons. The Kier molecular flexibility index (Phi) is 5.24. The van der Waals surface area contributed by atoms with Crippen molar-refractivity contribution in [2.75, 3.05) is 26.2 Å². The van der Waals surface area contributed by atoms with Crippen molar-refractivity contribution in [2.24, 2.45) is 0 Å². The highest BCUT2D eigenvalue weighted by Gasteiger charge is 2.34. The van der Waals surface area contributed by atoms with E-state index in [1.165, 1.54) is 28.6 Å². The van der Waals surface area contributed by atoms with Crippen LogP contribution in [0.25, 0.3) is 0 Å². The van der Waals surface area contributed by atoms with Crippen molar-refractivity contribution in [3.05, 3.63) is 69.8 Å². The summed E-state index contributed by atoms with van der Waals surface area (Å²) in [6.45, 7) is 2.53. The third-order valence-electron chi connectivity index (χ3n) is 4.47. The minimum Gasteiger partial charge on any atom is -0.336 e. The van der Waals surface area contributed by atoms with Crippen molar-refractivity contribution < 1.29 is 18.1 Å². The zero-order valence-corrected chi connectivity index (χ0v) is 15.6. The fourth-order valence-electron chi connectivity index (χ4n) is 3.06. The summed E-state index contributed by atoms with van der Waals surface area (Å²) < 4.78 is 26.8. The second-order valence-electron chi connectivity index (χ2n) is 6.29. The molecule has 0 atom stereocenters. The average Bonchev–Trinajstić information content (AvgIpc) is 2.67. The lowest BCUT2D eigenvalue weighted by Gasteiger charge is -2.34. The van der Waals surface area contributed by atoms with E-state index in [1.54, 1.807) is 23.1 Å². The van der Waals surface area contributed by atoms with Crippen LogP contribution >= 0.6 is 0 Å². The van der Waals surface area contributed by atoms with Crippen molar-refractivity contribution in [3.8, 4) is 0 Å². The predicted octanol–water partition coefficient (Wildman–Crippen LogP) is 2.05. The second kappa shape index (κ2) is 7.45. The van der Waals surface area contributed by atoms with Gasteiger partial charge in [-0.05, 0) is 25.1 Å². The molecule has 0 bridgehead atoms. The van der Waals surface area contributed by atoms with Crippen molar-refractivity contribution in [1.82, 2.24) is 9.21 Å². The van der Waals surface area contributed by atoms with Gasteiger partial charge in [-0.1, -0.05) is 29.8 Å². The summed E-state index contributed by atoms with van der Waals surface area (Å²) in [6.07, 6.45) is 0. The number of carbonyl (C=O) groups is 1. The van der Waals surface area contributed by atoms with E-state index in [0.29, 0.717) is 5.56 Å². The molecule has 1 heterocycles. The van der Waals surface area contributed by atoms with E-state index in [0.717, 1.165) is 5.56 Å². The van der Waals surface area contributed by atoms with E-state index in [1.807, 2.05) is 13.0 Å². The number of carbonyl (C=O) groups excluding carboxylic acids is 1. The van der Waals surface area contributed by atoms with E-state index in [4.69, 9.17) is 0 Å². The van der Waals surface area contributed by atoms with Crippen LogP contribution in [0.4, 0.5) is 5.69 Å². The van der Waals surface area contributed by atoms with Crippen LogP contribution in [0.15, 0.2) is 53.4 Å². The Morgan fingerprint density at radius 3 is 2.33 bits per heavy atom. The van der Waals surface area contributed by atoms with Gasteiger partial charge in [0.05, 0.1) is 4.92 Å². The molecule has 9 heteroatoms. The number of aryl methyl sites for hydroxylation is 1. The van der Waals surface area contributed by atoms with Crippen molar-refractivity contribution in [2.45, 2.75) is 11.8 Å². The minimum absolute atomic E-state index is 0.0892. The summed E-state index contributed by atoms with van der Waals surface area (Å²) in [4.78, 5) is 24.3. The lowest BCUT2D eigenvalue weighted by molar-refractivity contribution is -0.387. The van der Waals surface area contributed by atoms with Gasteiger partial charge in [0.25, 0.3) is 11.6 Å². The number of nitrogens with zero attached hydrogens (tertiary/aromatic N) is 3. The third kappa shape index (κ3) is 3.83. The molecular weight excluding hydrogens is 370 g/mol. The molecule has 0 aromatic heterocycles. The average molecular weight is 389 g/mol.